The van der Waals surface area contributed by atoms with Gasteiger partial charge < -0.3 is 153 Å². The second-order valence-electron chi connectivity index (χ2n) is 2.50. The van der Waals surface area contributed by atoms with E-state index in [4.69, 9.17) is 0 Å². The number of guanidine groups is 5. The second kappa shape index (κ2) is 727. The Bertz CT molecular complexity index is 291. The minimum absolute atomic E-state index is 0. The Morgan fingerprint density at radius 2 is 0.172 bits per heavy atom. The zero-order chi connectivity index (χ0) is 17.9. The van der Waals surface area contributed by atoms with Crippen molar-refractivity contribution in [2.45, 2.75) is 0 Å². The molecule has 0 heterocycles. The summed E-state index contributed by atoms with van der Waals surface area (Å²) in [5.41, 5.74) is 45.8. The fraction of sp³-hybridized carbons (Fsp3) is 0. The molecule has 32 N–H and O–H groups in total. The van der Waals surface area contributed by atoms with E-state index in [-0.39, 0.29) is 371 Å². The quantitative estimate of drug-likeness (QED) is 0.0795. The first-order chi connectivity index (χ1) is 8.66. The first-order valence-electron chi connectivity index (χ1n) is 4.33. The molecule has 0 saturated heterocycles. The summed E-state index contributed by atoms with van der Waals surface area (Å²) in [6.07, 6.45) is 0. The Morgan fingerprint density at radius 3 is 0.172 bits per heavy atom. The minimum Gasteiger partial charge on any atom is -2.00 e. The average Bonchev–Trinajstić information content (AvgIpc) is 1.94. The van der Waals surface area contributed by atoms with E-state index in [0.29, 0.717) is 0 Å². The van der Waals surface area contributed by atoms with Gasteiger partial charge in [-0.15, -0.1) is 0 Å². The molecule has 0 bridgehead atoms. The normalized spacial score (nSPS) is 2.07. The smallest absolute Gasteiger partial charge is 2.00 e. The predicted molar refractivity (Wildman–Crippen MR) is 98.3 cm³/mol. The second-order valence-corrected chi connectivity index (χ2v) is 2.50. The maximum atomic E-state index is 4.58. The van der Waals surface area contributed by atoms with Crippen molar-refractivity contribution in [1.82, 2.24) is 0 Å². The van der Waals surface area contributed by atoms with Crippen LogP contribution in [0.3, 0.4) is 0 Å². The van der Waals surface area contributed by atoms with E-state index < -0.39 is 0 Å². The van der Waals surface area contributed by atoms with Gasteiger partial charge >= 0.3 is 50.9 Å². The van der Waals surface area contributed by atoms with E-state index >= 15 is 0 Å². The van der Waals surface area contributed by atoms with Crippen LogP contribution in [0.4, 0.5) is 0 Å². The molecular formula is C5H32N15O28PtV9-45. The monoisotopic (exact) mass is 1400 g/mol. The molecule has 9 radical (unpaired) electrons. The summed E-state index contributed by atoms with van der Waals surface area (Å²) in [5, 5.41) is 22.9. The SMILES string of the molecule is NC(N)=[NH2+].NC(N)=[NH2+].NC(N)=[NH2+].NC(N)=[NH2+].NC(N)=[NH2+].[O-2].[O-2].[O-2].[O-2].[O-2].[O-2].[O-2].[O-2].[O-2].[O-2].[O-2].[O-2].[O-2].[O-2].[O-2].[O-2].[O-2].[O-2].[O-2].[O-2].[O-2].[O-2].[O-2].[O-2].[O-2].[O-2].[OH-].[OH-].[Pt+4].[V].[V].[V].[V].[V].[V].[V].[V].[V]. The summed E-state index contributed by atoms with van der Waals surface area (Å²) >= 11 is 0. The first-order valence-corrected chi connectivity index (χ1v) is 4.33. The maximum Gasteiger partial charge on any atom is 4.00 e. The Hall–Kier alpha value is 1.18. The van der Waals surface area contributed by atoms with Crippen molar-refractivity contribution < 1.29 is 368 Å². The van der Waals surface area contributed by atoms with Gasteiger partial charge in [0.1, 0.15) is 0 Å². The molecule has 43 nitrogen and oxygen atoms in total. The van der Waals surface area contributed by atoms with Gasteiger partial charge in [-0.1, -0.05) is 0 Å². The molecule has 0 unspecified atom stereocenters. The number of hydrogen-bond acceptors (Lipinski definition) is 2. The maximum absolute atomic E-state index is 4.58. The van der Waals surface area contributed by atoms with Gasteiger partial charge in [-0.25, -0.2) is 0 Å². The Balaban J connectivity index is -0.00000000102. The van der Waals surface area contributed by atoms with Crippen LogP contribution in [0.25, 0.3) is 0 Å². The van der Waals surface area contributed by atoms with Crippen LogP contribution in [0, 0.1) is 0 Å². The van der Waals surface area contributed by atoms with Crippen LogP contribution in [0.2, 0.25) is 0 Å². The van der Waals surface area contributed by atoms with Crippen LogP contribution < -0.4 is 84.4 Å². The van der Waals surface area contributed by atoms with E-state index in [2.05, 4.69) is 84.4 Å². The van der Waals surface area contributed by atoms with Crippen molar-refractivity contribution in [3.8, 4) is 0 Å². The molecule has 0 amide bonds. The molecule has 0 rings (SSSR count). The van der Waals surface area contributed by atoms with E-state index in [1.54, 1.807) is 0 Å². The van der Waals surface area contributed by atoms with Crippen LogP contribution >= 0.6 is 0 Å². The van der Waals surface area contributed by atoms with Gasteiger partial charge in [-0.2, -0.15) is 0 Å². The summed E-state index contributed by atoms with van der Waals surface area (Å²) in [6.45, 7) is 0. The number of rotatable bonds is 0. The summed E-state index contributed by atoms with van der Waals surface area (Å²) in [4.78, 5) is 0. The van der Waals surface area contributed by atoms with Crippen molar-refractivity contribution in [3.05, 3.63) is 0 Å². The van der Waals surface area contributed by atoms with Crippen molar-refractivity contribution in [3.63, 3.8) is 0 Å². The third-order valence-electron chi connectivity index (χ3n) is 0. The van der Waals surface area contributed by atoms with Crippen LogP contribution in [-0.2, 0) is 330 Å². The number of hydrogen-bond donors (Lipinski definition) is 15. The molecule has 0 aliphatic rings. The van der Waals surface area contributed by atoms with Gasteiger partial charge in [0.2, 0.25) is 0 Å². The summed E-state index contributed by atoms with van der Waals surface area (Å²) in [6, 6.07) is 0. The van der Waals surface area contributed by atoms with Gasteiger partial charge in [0, 0.05) is 167 Å². The molecule has 0 spiro atoms. The summed E-state index contributed by atoms with van der Waals surface area (Å²) in [5.74, 6) is -0.417. The van der Waals surface area contributed by atoms with Crippen molar-refractivity contribution >= 4 is 29.8 Å². The van der Waals surface area contributed by atoms with Crippen molar-refractivity contribution in [2.24, 2.45) is 57.3 Å². The van der Waals surface area contributed by atoms with Gasteiger partial charge in [0.15, 0.2) is 0 Å². The van der Waals surface area contributed by atoms with Crippen LogP contribution in [0.1, 0.15) is 0 Å². The van der Waals surface area contributed by atoms with Crippen molar-refractivity contribution in [2.75, 3.05) is 0 Å². The molecule has 58 heavy (non-hydrogen) atoms. The average molecular weight is 1400 g/mol. The third kappa shape index (κ3) is 130000. The van der Waals surface area contributed by atoms with Gasteiger partial charge in [-0.3, -0.25) is 84.4 Å². The molecule has 0 aromatic rings. The fourth-order valence-electron chi connectivity index (χ4n) is 0. The topological polar surface area (TPSA) is 1190 Å². The molecule has 0 fully saturated rings. The largest absolute Gasteiger partial charge is 4.00 e. The zero-order valence-corrected chi connectivity index (χ0v) is 41.9. The molecule has 0 aromatic heterocycles. The van der Waals surface area contributed by atoms with Crippen molar-refractivity contribution in [1.29, 1.82) is 0 Å². The summed E-state index contributed by atoms with van der Waals surface area (Å²) < 4.78 is 0. The van der Waals surface area contributed by atoms with Crippen LogP contribution in [0.15, 0.2) is 0 Å². The standard InChI is InChI=1S/5CH5N3.2H2O.26O.Pt.9V/c5*2-1(3)4;;;;;;;;;;;;;;;;;;;;;;;;;;;;;;;;;;;;;;/h5*(H5,2,3,4);2*1H2;;;;;;;;;;;;;;;;;;;;;;;;;;;;;;;;;;;;/q;;;;;;;26*-2;+4;;;;;;;;;/p+3. The predicted octanol–water partition coefficient (Wildman–Crippen LogP) is -18.4. The molecule has 0 aromatic carbocycles. The van der Waals surface area contributed by atoms with Gasteiger partial charge in [0.25, 0.3) is 0 Å². The van der Waals surface area contributed by atoms with Gasteiger partial charge in [-0.05, 0) is 0 Å². The van der Waals surface area contributed by atoms with E-state index in [0.717, 1.165) is 0 Å². The molecule has 0 saturated carbocycles. The number of nitrogens with two attached hydrogens (primary N) is 15. The van der Waals surface area contributed by atoms with E-state index in [1.165, 1.54) is 0 Å². The molecular weight excluding hydrogens is 1370 g/mol. The van der Waals surface area contributed by atoms with Crippen LogP contribution in [0.5, 0.6) is 0 Å². The van der Waals surface area contributed by atoms with Gasteiger partial charge in [0.05, 0.1) is 0 Å². The Morgan fingerprint density at radius 1 is 0.172 bits per heavy atom. The minimum atomic E-state index is -0.0833. The molecule has 0 atom stereocenters. The molecule has 53 heteroatoms. The Labute approximate surface area is 451 Å². The third-order valence-corrected chi connectivity index (χ3v) is 0. The zero-order valence-electron chi connectivity index (χ0n) is 27.0. The molecule has 0 aliphatic heterocycles. The molecule has 0 aliphatic carbocycles. The summed E-state index contributed by atoms with van der Waals surface area (Å²) in [7, 11) is 0. The van der Waals surface area contributed by atoms with Crippen LogP contribution in [-0.4, -0.2) is 40.8 Å². The molecule has 395 valence electrons. The van der Waals surface area contributed by atoms with E-state index in [1.807, 2.05) is 0 Å². The fourth-order valence-corrected chi connectivity index (χ4v) is 0. The first kappa shape index (κ1) is 765. The van der Waals surface area contributed by atoms with E-state index in [9.17, 15) is 0 Å². The Kier molecular flexibility index (Phi) is 9590.